The summed E-state index contributed by atoms with van der Waals surface area (Å²) in [5.41, 5.74) is 0. The summed E-state index contributed by atoms with van der Waals surface area (Å²) in [6.07, 6.45) is 5.61. The fourth-order valence-corrected chi connectivity index (χ4v) is 2.60. The Morgan fingerprint density at radius 1 is 1.41 bits per heavy atom. The Labute approximate surface area is 107 Å². The van der Waals surface area contributed by atoms with E-state index in [-0.39, 0.29) is 0 Å². The summed E-state index contributed by atoms with van der Waals surface area (Å²) in [7, 11) is 4.49. The van der Waals surface area contributed by atoms with Gasteiger partial charge in [-0.25, -0.2) is 0 Å². The lowest BCUT2D eigenvalue weighted by molar-refractivity contribution is 0.100. The third-order valence-corrected chi connectivity index (χ3v) is 3.75. The van der Waals surface area contributed by atoms with Crippen molar-refractivity contribution in [3.05, 3.63) is 12.7 Å². The average Bonchev–Trinajstić information content (AvgIpc) is 2.31. The first kappa shape index (κ1) is 14.7. The molecule has 3 nitrogen and oxygen atoms in total. The number of piperazine rings is 1. The average molecular weight is 239 g/mol. The zero-order valence-corrected chi connectivity index (χ0v) is 11.8. The molecule has 2 unspecified atom stereocenters. The minimum atomic E-state index is 0.636. The van der Waals surface area contributed by atoms with Gasteiger partial charge in [-0.1, -0.05) is 13.0 Å². The highest BCUT2D eigenvalue weighted by atomic mass is 15.3. The third-order valence-electron chi connectivity index (χ3n) is 3.75. The van der Waals surface area contributed by atoms with Crippen molar-refractivity contribution in [2.45, 2.75) is 38.3 Å². The Morgan fingerprint density at radius 2 is 2.18 bits per heavy atom. The van der Waals surface area contributed by atoms with E-state index in [1.165, 1.54) is 32.5 Å². The molecule has 0 bridgehead atoms. The topological polar surface area (TPSA) is 18.5 Å². The van der Waals surface area contributed by atoms with E-state index in [9.17, 15) is 0 Å². The molecule has 1 aliphatic rings. The van der Waals surface area contributed by atoms with Gasteiger partial charge in [-0.3, -0.25) is 0 Å². The van der Waals surface area contributed by atoms with Crippen LogP contribution in [0, 0.1) is 0 Å². The predicted octanol–water partition coefficient (Wildman–Crippen LogP) is 1.57. The van der Waals surface area contributed by atoms with Crippen molar-refractivity contribution < 1.29 is 0 Å². The summed E-state index contributed by atoms with van der Waals surface area (Å²) >= 11 is 0. The van der Waals surface area contributed by atoms with Crippen molar-refractivity contribution in [2.75, 3.05) is 40.3 Å². The van der Waals surface area contributed by atoms with E-state index in [1.54, 1.807) is 0 Å². The van der Waals surface area contributed by atoms with Crippen LogP contribution in [0.1, 0.15) is 26.2 Å². The predicted molar refractivity (Wildman–Crippen MR) is 75.4 cm³/mol. The van der Waals surface area contributed by atoms with E-state index in [0.29, 0.717) is 12.1 Å². The SMILES string of the molecule is C=CCCC(CC1CN(C)CCN1C)NCC. The van der Waals surface area contributed by atoms with E-state index in [4.69, 9.17) is 0 Å². The molecule has 1 rings (SSSR count). The lowest BCUT2D eigenvalue weighted by Crippen LogP contribution is -2.52. The normalized spacial score (nSPS) is 24.8. The van der Waals surface area contributed by atoms with Crippen LogP contribution in [0.25, 0.3) is 0 Å². The van der Waals surface area contributed by atoms with Gasteiger partial charge < -0.3 is 15.1 Å². The van der Waals surface area contributed by atoms with Crippen LogP contribution >= 0.6 is 0 Å². The number of allylic oxidation sites excluding steroid dienone is 1. The fourth-order valence-electron chi connectivity index (χ4n) is 2.60. The summed E-state index contributed by atoms with van der Waals surface area (Å²) in [5.74, 6) is 0. The smallest absolute Gasteiger partial charge is 0.0235 e. The van der Waals surface area contributed by atoms with Crippen LogP contribution in [0.3, 0.4) is 0 Å². The van der Waals surface area contributed by atoms with Gasteiger partial charge >= 0.3 is 0 Å². The van der Waals surface area contributed by atoms with Gasteiger partial charge in [0.05, 0.1) is 0 Å². The number of nitrogens with zero attached hydrogens (tertiary/aromatic N) is 2. The Hall–Kier alpha value is -0.380. The maximum Gasteiger partial charge on any atom is 0.0235 e. The molecule has 1 N–H and O–H groups in total. The number of nitrogens with one attached hydrogen (secondary N) is 1. The molecule has 0 saturated carbocycles. The van der Waals surface area contributed by atoms with Crippen LogP contribution in [-0.2, 0) is 0 Å². The third kappa shape index (κ3) is 5.19. The Bertz CT molecular complexity index is 218. The fraction of sp³-hybridized carbons (Fsp3) is 0.857. The second kappa shape index (κ2) is 7.85. The number of hydrogen-bond donors (Lipinski definition) is 1. The van der Waals surface area contributed by atoms with Gasteiger partial charge in [0.1, 0.15) is 0 Å². The molecule has 3 heteroatoms. The molecule has 1 fully saturated rings. The molecule has 1 saturated heterocycles. The lowest BCUT2D eigenvalue weighted by atomic mass is 9.99. The monoisotopic (exact) mass is 239 g/mol. The molecule has 2 atom stereocenters. The largest absolute Gasteiger partial charge is 0.314 e. The maximum atomic E-state index is 3.82. The summed E-state index contributed by atoms with van der Waals surface area (Å²) in [4.78, 5) is 4.96. The molecular formula is C14H29N3. The van der Waals surface area contributed by atoms with Crippen LogP contribution in [0.15, 0.2) is 12.7 Å². The van der Waals surface area contributed by atoms with Crippen LogP contribution in [-0.4, -0.2) is 62.2 Å². The summed E-state index contributed by atoms with van der Waals surface area (Å²) in [5, 5.41) is 3.61. The van der Waals surface area contributed by atoms with Gasteiger partial charge in [0, 0.05) is 31.7 Å². The van der Waals surface area contributed by atoms with Gasteiger partial charge in [0.2, 0.25) is 0 Å². The Morgan fingerprint density at radius 3 is 2.82 bits per heavy atom. The summed E-state index contributed by atoms with van der Waals surface area (Å²) in [6, 6.07) is 1.33. The first-order valence-electron chi connectivity index (χ1n) is 6.90. The summed E-state index contributed by atoms with van der Waals surface area (Å²) < 4.78 is 0. The zero-order chi connectivity index (χ0) is 12.7. The van der Waals surface area contributed by atoms with Crippen molar-refractivity contribution in [1.29, 1.82) is 0 Å². The molecule has 100 valence electrons. The highest BCUT2D eigenvalue weighted by Gasteiger charge is 2.24. The zero-order valence-electron chi connectivity index (χ0n) is 11.8. The van der Waals surface area contributed by atoms with Gasteiger partial charge in [-0.05, 0) is 39.9 Å². The molecule has 1 heterocycles. The number of likely N-dealkylation sites (N-methyl/N-ethyl adjacent to an activating group) is 2. The van der Waals surface area contributed by atoms with Gasteiger partial charge in [-0.15, -0.1) is 6.58 Å². The van der Waals surface area contributed by atoms with Crippen LogP contribution < -0.4 is 5.32 Å². The molecule has 17 heavy (non-hydrogen) atoms. The summed E-state index contributed by atoms with van der Waals surface area (Å²) in [6.45, 7) is 10.7. The minimum Gasteiger partial charge on any atom is -0.314 e. The van der Waals surface area contributed by atoms with Crippen LogP contribution in [0.2, 0.25) is 0 Å². The lowest BCUT2D eigenvalue weighted by Gasteiger charge is -2.39. The van der Waals surface area contributed by atoms with Gasteiger partial charge in [-0.2, -0.15) is 0 Å². The molecule has 0 aromatic heterocycles. The second-order valence-corrected chi connectivity index (χ2v) is 5.25. The van der Waals surface area contributed by atoms with E-state index < -0.39 is 0 Å². The molecule has 0 aromatic rings. The van der Waals surface area contributed by atoms with E-state index in [1.807, 2.05) is 6.08 Å². The van der Waals surface area contributed by atoms with Crippen molar-refractivity contribution in [3.8, 4) is 0 Å². The number of rotatable bonds is 7. The highest BCUT2D eigenvalue weighted by molar-refractivity contribution is 4.84. The minimum absolute atomic E-state index is 0.636. The molecule has 0 amide bonds. The quantitative estimate of drug-likeness (QED) is 0.680. The first-order chi connectivity index (χ1) is 8.17. The Kier molecular flexibility index (Phi) is 6.78. The van der Waals surface area contributed by atoms with Crippen molar-refractivity contribution in [2.24, 2.45) is 0 Å². The van der Waals surface area contributed by atoms with Crippen LogP contribution in [0.4, 0.5) is 0 Å². The van der Waals surface area contributed by atoms with Crippen molar-refractivity contribution >= 4 is 0 Å². The molecular weight excluding hydrogens is 210 g/mol. The van der Waals surface area contributed by atoms with E-state index in [2.05, 4.69) is 42.7 Å². The van der Waals surface area contributed by atoms with E-state index in [0.717, 1.165) is 13.0 Å². The first-order valence-corrected chi connectivity index (χ1v) is 6.90. The molecule has 0 aliphatic carbocycles. The standard InChI is InChI=1S/C14H29N3/c1-5-7-8-13(15-6-2)11-14-12-16(3)9-10-17(14)4/h5,13-15H,1,6-12H2,2-4H3. The van der Waals surface area contributed by atoms with E-state index >= 15 is 0 Å². The van der Waals surface area contributed by atoms with Crippen LogP contribution in [0.5, 0.6) is 0 Å². The number of hydrogen-bond acceptors (Lipinski definition) is 3. The molecule has 0 radical (unpaired) electrons. The van der Waals surface area contributed by atoms with Crippen molar-refractivity contribution in [3.63, 3.8) is 0 Å². The maximum absolute atomic E-state index is 3.82. The van der Waals surface area contributed by atoms with Gasteiger partial charge in [0.25, 0.3) is 0 Å². The second-order valence-electron chi connectivity index (χ2n) is 5.25. The van der Waals surface area contributed by atoms with Crippen molar-refractivity contribution in [1.82, 2.24) is 15.1 Å². The molecule has 1 aliphatic heterocycles. The highest BCUT2D eigenvalue weighted by Crippen LogP contribution is 2.14. The van der Waals surface area contributed by atoms with Gasteiger partial charge in [0.15, 0.2) is 0 Å². The molecule has 0 aromatic carbocycles. The molecule has 0 spiro atoms. The Balaban J connectivity index is 2.42.